The zero-order valence-corrected chi connectivity index (χ0v) is 19.9. The molecule has 0 radical (unpaired) electrons. The number of aliphatic hydroxyl groups excluding tert-OH is 1. The van der Waals surface area contributed by atoms with Gasteiger partial charge in [0.2, 0.25) is 5.91 Å². The van der Waals surface area contributed by atoms with Crippen molar-refractivity contribution < 1.29 is 15.0 Å². The minimum absolute atomic E-state index is 0.0229. The number of hydrogen-bond donors (Lipinski definition) is 3. The summed E-state index contributed by atoms with van der Waals surface area (Å²) in [5, 5.41) is 29.2. The molecule has 7 nitrogen and oxygen atoms in total. The molecule has 1 amide bonds. The molecule has 3 N–H and O–H groups in total. The lowest BCUT2D eigenvalue weighted by atomic mass is 9.73. The van der Waals surface area contributed by atoms with E-state index in [0.717, 1.165) is 29.5 Å². The predicted molar refractivity (Wildman–Crippen MR) is 128 cm³/mol. The standard InChI is InChI=1S/C26H37N3O4/c1-18-9-11-22(16-27-24(31)17-29-25(32)12-10-19(2)28-29)26(3,33)15-21(14-23(30)13-18)20-7-5-4-6-8-20/h4-8,10,12,18,21-23,30,33H,9,11,13-17H2,1-3H3,(H,27,31)/t18-,21-,22+,23+,26-/m1/s1. The van der Waals surface area contributed by atoms with Gasteiger partial charge in [0, 0.05) is 18.5 Å². The molecule has 0 saturated heterocycles. The van der Waals surface area contributed by atoms with Gasteiger partial charge in [-0.1, -0.05) is 43.7 Å². The van der Waals surface area contributed by atoms with Crippen LogP contribution in [0.1, 0.15) is 63.1 Å². The molecule has 1 fully saturated rings. The van der Waals surface area contributed by atoms with Crippen LogP contribution in [0.25, 0.3) is 0 Å². The maximum absolute atomic E-state index is 12.6. The van der Waals surface area contributed by atoms with Gasteiger partial charge in [0.1, 0.15) is 6.54 Å². The number of nitrogens with one attached hydrogen (secondary N) is 1. The minimum atomic E-state index is -1.02. The Labute approximate surface area is 195 Å². The Morgan fingerprint density at radius 2 is 1.91 bits per heavy atom. The third-order valence-electron chi connectivity index (χ3n) is 6.89. The maximum Gasteiger partial charge on any atom is 0.267 e. The molecule has 0 aliphatic heterocycles. The molecule has 0 bridgehead atoms. The summed E-state index contributed by atoms with van der Waals surface area (Å²) in [5.41, 5.74) is 0.432. The molecule has 1 saturated carbocycles. The largest absolute Gasteiger partial charge is 0.393 e. The summed E-state index contributed by atoms with van der Waals surface area (Å²) in [5.74, 6) is -0.105. The topological polar surface area (TPSA) is 104 Å². The highest BCUT2D eigenvalue weighted by molar-refractivity contribution is 5.75. The van der Waals surface area contributed by atoms with Gasteiger partial charge in [-0.15, -0.1) is 0 Å². The molecule has 1 aromatic carbocycles. The zero-order chi connectivity index (χ0) is 24.0. The van der Waals surface area contributed by atoms with Gasteiger partial charge in [0.15, 0.2) is 0 Å². The number of carbonyl (C=O) groups is 1. The van der Waals surface area contributed by atoms with E-state index in [-0.39, 0.29) is 29.8 Å². The van der Waals surface area contributed by atoms with E-state index in [4.69, 9.17) is 0 Å². The molecule has 1 heterocycles. The highest BCUT2D eigenvalue weighted by atomic mass is 16.3. The number of amides is 1. The minimum Gasteiger partial charge on any atom is -0.393 e. The van der Waals surface area contributed by atoms with Crippen LogP contribution in [-0.2, 0) is 11.3 Å². The number of aliphatic hydroxyl groups is 2. The van der Waals surface area contributed by atoms with Crippen molar-refractivity contribution in [2.75, 3.05) is 6.54 Å². The van der Waals surface area contributed by atoms with E-state index >= 15 is 0 Å². The Morgan fingerprint density at radius 1 is 1.18 bits per heavy atom. The van der Waals surface area contributed by atoms with E-state index in [9.17, 15) is 19.8 Å². The quantitative estimate of drug-likeness (QED) is 0.643. The first-order valence-electron chi connectivity index (χ1n) is 11.9. The number of rotatable bonds is 5. The highest BCUT2D eigenvalue weighted by Crippen LogP contribution is 2.38. The van der Waals surface area contributed by atoms with Gasteiger partial charge in [-0.25, -0.2) is 4.68 Å². The van der Waals surface area contributed by atoms with Crippen molar-refractivity contribution in [1.29, 1.82) is 0 Å². The van der Waals surface area contributed by atoms with Crippen LogP contribution in [0.3, 0.4) is 0 Å². The Morgan fingerprint density at radius 3 is 2.64 bits per heavy atom. The highest BCUT2D eigenvalue weighted by Gasteiger charge is 2.37. The molecule has 1 aliphatic carbocycles. The molecule has 2 aromatic rings. The van der Waals surface area contributed by atoms with Crippen LogP contribution in [-0.4, -0.2) is 44.2 Å². The average Bonchev–Trinajstić information content (AvgIpc) is 2.75. The average molecular weight is 456 g/mol. The summed E-state index contributed by atoms with van der Waals surface area (Å²) in [6.07, 6.45) is 3.03. The lowest BCUT2D eigenvalue weighted by Gasteiger charge is -2.38. The SMILES string of the molecule is Cc1ccc(=O)n(CC(=O)NC[C@@H]2CC[C@@H](C)C[C@H](O)C[C@@H](c3ccccc3)C[C@@]2(C)O)n1. The summed E-state index contributed by atoms with van der Waals surface area (Å²) < 4.78 is 1.16. The zero-order valence-electron chi connectivity index (χ0n) is 19.9. The molecule has 7 heteroatoms. The summed E-state index contributed by atoms with van der Waals surface area (Å²) >= 11 is 0. The van der Waals surface area contributed by atoms with E-state index in [1.54, 1.807) is 13.0 Å². The lowest BCUT2D eigenvalue weighted by molar-refractivity contribution is -0.122. The fourth-order valence-corrected chi connectivity index (χ4v) is 4.95. The van der Waals surface area contributed by atoms with Crippen LogP contribution in [0.2, 0.25) is 0 Å². The summed E-state index contributed by atoms with van der Waals surface area (Å²) in [6.45, 7) is 5.91. The van der Waals surface area contributed by atoms with Gasteiger partial charge >= 0.3 is 0 Å². The van der Waals surface area contributed by atoms with Crippen LogP contribution in [0.15, 0.2) is 47.3 Å². The molecule has 0 spiro atoms. The molecular formula is C26H37N3O4. The monoisotopic (exact) mass is 455 g/mol. The van der Waals surface area contributed by atoms with Gasteiger partial charge < -0.3 is 15.5 Å². The molecule has 1 aliphatic rings. The van der Waals surface area contributed by atoms with Crippen molar-refractivity contribution in [3.63, 3.8) is 0 Å². The third kappa shape index (κ3) is 7.24. The molecule has 1 aromatic heterocycles. The maximum atomic E-state index is 12.6. The van der Waals surface area contributed by atoms with Crippen LogP contribution in [0.4, 0.5) is 0 Å². The summed E-state index contributed by atoms with van der Waals surface area (Å²) in [4.78, 5) is 24.5. The van der Waals surface area contributed by atoms with Crippen molar-refractivity contribution >= 4 is 5.91 Å². The van der Waals surface area contributed by atoms with Crippen molar-refractivity contribution in [3.8, 4) is 0 Å². The number of hydrogen-bond acceptors (Lipinski definition) is 5. The number of aryl methyl sites for hydroxylation is 1. The second-order valence-electron chi connectivity index (χ2n) is 9.95. The Kier molecular flexibility index (Phi) is 8.43. The fraction of sp³-hybridized carbons (Fsp3) is 0.577. The van der Waals surface area contributed by atoms with Gasteiger partial charge in [-0.05, 0) is 63.0 Å². The fourth-order valence-electron chi connectivity index (χ4n) is 4.95. The van der Waals surface area contributed by atoms with Crippen molar-refractivity contribution in [2.45, 2.75) is 77.0 Å². The van der Waals surface area contributed by atoms with E-state index in [1.807, 2.05) is 37.3 Å². The summed E-state index contributed by atoms with van der Waals surface area (Å²) in [6, 6.07) is 13.1. The van der Waals surface area contributed by atoms with E-state index in [2.05, 4.69) is 17.3 Å². The van der Waals surface area contributed by atoms with Crippen molar-refractivity contribution in [1.82, 2.24) is 15.1 Å². The number of carbonyl (C=O) groups excluding carboxylic acids is 1. The molecular weight excluding hydrogens is 418 g/mol. The van der Waals surface area contributed by atoms with Gasteiger partial charge in [-0.2, -0.15) is 5.10 Å². The van der Waals surface area contributed by atoms with E-state index < -0.39 is 11.7 Å². The van der Waals surface area contributed by atoms with Gasteiger partial charge in [0.25, 0.3) is 5.56 Å². The van der Waals surface area contributed by atoms with Crippen LogP contribution in [0, 0.1) is 18.8 Å². The first-order chi connectivity index (χ1) is 15.6. The Balaban J connectivity index is 1.73. The van der Waals surface area contributed by atoms with Crippen molar-refractivity contribution in [3.05, 3.63) is 64.1 Å². The normalized spacial score (nSPS) is 28.8. The van der Waals surface area contributed by atoms with Gasteiger partial charge in [-0.3, -0.25) is 9.59 Å². The predicted octanol–water partition coefficient (Wildman–Crippen LogP) is 2.78. The smallest absolute Gasteiger partial charge is 0.267 e. The molecule has 180 valence electrons. The van der Waals surface area contributed by atoms with Crippen molar-refractivity contribution in [2.24, 2.45) is 11.8 Å². The molecule has 33 heavy (non-hydrogen) atoms. The number of aromatic nitrogens is 2. The van der Waals surface area contributed by atoms with Crippen LogP contribution < -0.4 is 10.9 Å². The Hall–Kier alpha value is -2.51. The first kappa shape index (κ1) is 25.1. The van der Waals surface area contributed by atoms with E-state index in [1.165, 1.54) is 6.07 Å². The second-order valence-corrected chi connectivity index (χ2v) is 9.95. The lowest BCUT2D eigenvalue weighted by Crippen LogP contribution is -2.45. The van der Waals surface area contributed by atoms with Crippen LogP contribution in [0.5, 0.6) is 0 Å². The molecule has 0 unspecified atom stereocenters. The first-order valence-corrected chi connectivity index (χ1v) is 11.9. The third-order valence-corrected chi connectivity index (χ3v) is 6.89. The molecule has 5 atom stereocenters. The second kappa shape index (κ2) is 11.1. The Bertz CT molecular complexity index is 973. The van der Waals surface area contributed by atoms with Gasteiger partial charge in [0.05, 0.1) is 17.4 Å². The summed E-state index contributed by atoms with van der Waals surface area (Å²) in [7, 11) is 0. The number of nitrogens with zero attached hydrogens (tertiary/aromatic N) is 2. The molecule has 3 rings (SSSR count). The van der Waals surface area contributed by atoms with Crippen LogP contribution >= 0.6 is 0 Å². The number of benzene rings is 1. The van der Waals surface area contributed by atoms with E-state index in [0.29, 0.717) is 31.0 Å².